The second-order valence-electron chi connectivity index (χ2n) is 15.2. The quantitative estimate of drug-likeness (QED) is 0.175. The molecule has 0 bridgehead atoms. The van der Waals surface area contributed by atoms with E-state index >= 15 is 0 Å². The van der Waals surface area contributed by atoms with Crippen LogP contribution in [-0.2, 0) is 0 Å². The summed E-state index contributed by atoms with van der Waals surface area (Å²) in [6.07, 6.45) is 0. The molecule has 5 aromatic rings. The van der Waals surface area contributed by atoms with Crippen LogP contribution in [0.4, 0.5) is 0 Å². The van der Waals surface area contributed by atoms with Gasteiger partial charge in [0.15, 0.2) is 0 Å². The second kappa shape index (κ2) is 23.5. The van der Waals surface area contributed by atoms with Gasteiger partial charge in [-0.15, -0.1) is 0 Å². The molecule has 5 aromatic carbocycles. The SMILES string of the molecule is Cc1ccc(C(C)C)cc1.Cc1cccc(C(C)C)c1.Cc1cccc(C(C)C)c1.Cc1ccccc1C(C)C.Cc1ccccc1C(C)C. The molecule has 0 atom stereocenters. The average molecular weight is 671 g/mol. The van der Waals surface area contributed by atoms with Crippen molar-refractivity contribution in [3.63, 3.8) is 0 Å². The van der Waals surface area contributed by atoms with E-state index in [1.54, 1.807) is 0 Å². The Kier molecular flexibility index (Phi) is 20.7. The van der Waals surface area contributed by atoms with Crippen molar-refractivity contribution in [3.05, 3.63) is 177 Å². The zero-order valence-corrected chi connectivity index (χ0v) is 34.4. The number of aryl methyl sites for hydroxylation is 5. The summed E-state index contributed by atoms with van der Waals surface area (Å²) in [4.78, 5) is 0. The van der Waals surface area contributed by atoms with E-state index in [1.165, 1.54) is 55.6 Å². The lowest BCUT2D eigenvalue weighted by Crippen LogP contribution is -1.89. The normalized spacial score (nSPS) is 10.4. The van der Waals surface area contributed by atoms with Crippen molar-refractivity contribution in [1.82, 2.24) is 0 Å². The highest BCUT2D eigenvalue weighted by molar-refractivity contribution is 5.29. The van der Waals surface area contributed by atoms with Gasteiger partial charge >= 0.3 is 0 Å². The van der Waals surface area contributed by atoms with Gasteiger partial charge in [-0.25, -0.2) is 0 Å². The lowest BCUT2D eigenvalue weighted by Gasteiger charge is -2.07. The highest BCUT2D eigenvalue weighted by Gasteiger charge is 2.01. The molecule has 0 fully saturated rings. The van der Waals surface area contributed by atoms with E-state index in [2.05, 4.69) is 225 Å². The van der Waals surface area contributed by atoms with Crippen LogP contribution in [0.2, 0.25) is 0 Å². The fourth-order valence-corrected chi connectivity index (χ4v) is 5.48. The van der Waals surface area contributed by atoms with E-state index in [0.29, 0.717) is 29.6 Å². The van der Waals surface area contributed by atoms with Crippen LogP contribution < -0.4 is 0 Å². The molecule has 0 nitrogen and oxygen atoms in total. The summed E-state index contributed by atoms with van der Waals surface area (Å²) in [7, 11) is 0. The van der Waals surface area contributed by atoms with E-state index in [0.717, 1.165) is 0 Å². The zero-order valence-electron chi connectivity index (χ0n) is 34.4. The number of rotatable bonds is 5. The maximum Gasteiger partial charge on any atom is -0.0216 e. The predicted octanol–water partition coefficient (Wildman–Crippen LogP) is 15.6. The summed E-state index contributed by atoms with van der Waals surface area (Å²) >= 11 is 0. The Morgan fingerprint density at radius 3 is 0.860 bits per heavy atom. The van der Waals surface area contributed by atoms with Crippen molar-refractivity contribution in [2.75, 3.05) is 0 Å². The van der Waals surface area contributed by atoms with Crippen LogP contribution in [0.15, 0.2) is 121 Å². The van der Waals surface area contributed by atoms with E-state index in [1.807, 2.05) is 0 Å². The Hall–Kier alpha value is -3.90. The van der Waals surface area contributed by atoms with E-state index < -0.39 is 0 Å². The highest BCUT2D eigenvalue weighted by Crippen LogP contribution is 2.19. The number of hydrogen-bond acceptors (Lipinski definition) is 0. The summed E-state index contributed by atoms with van der Waals surface area (Å²) in [5, 5.41) is 0. The summed E-state index contributed by atoms with van der Waals surface area (Å²) < 4.78 is 0. The smallest absolute Gasteiger partial charge is 0.0216 e. The molecule has 0 radical (unpaired) electrons. The van der Waals surface area contributed by atoms with Gasteiger partial charge in [0, 0.05) is 0 Å². The Labute approximate surface area is 309 Å². The van der Waals surface area contributed by atoms with Crippen LogP contribution in [-0.4, -0.2) is 0 Å². The fraction of sp³-hybridized carbons (Fsp3) is 0.400. The van der Waals surface area contributed by atoms with Gasteiger partial charge in [0.05, 0.1) is 0 Å². The van der Waals surface area contributed by atoms with Crippen molar-refractivity contribution < 1.29 is 0 Å². The van der Waals surface area contributed by atoms with Gasteiger partial charge in [-0.1, -0.05) is 207 Å². The van der Waals surface area contributed by atoms with Crippen molar-refractivity contribution in [1.29, 1.82) is 0 Å². The van der Waals surface area contributed by atoms with Crippen molar-refractivity contribution in [3.8, 4) is 0 Å². The minimum absolute atomic E-state index is 0.653. The van der Waals surface area contributed by atoms with Gasteiger partial charge in [-0.05, 0) is 103 Å². The van der Waals surface area contributed by atoms with E-state index in [4.69, 9.17) is 0 Å². The topological polar surface area (TPSA) is 0 Å². The Morgan fingerprint density at radius 1 is 0.280 bits per heavy atom. The van der Waals surface area contributed by atoms with Gasteiger partial charge < -0.3 is 0 Å². The summed E-state index contributed by atoms with van der Waals surface area (Å²) in [5.74, 6) is 3.27. The van der Waals surface area contributed by atoms with Gasteiger partial charge in [-0.3, -0.25) is 0 Å². The first-order valence-electron chi connectivity index (χ1n) is 18.8. The third kappa shape index (κ3) is 17.7. The Bertz CT molecular complexity index is 1510. The molecule has 0 spiro atoms. The number of hydrogen-bond donors (Lipinski definition) is 0. The molecule has 0 heterocycles. The summed E-state index contributed by atoms with van der Waals surface area (Å²) in [5.41, 5.74) is 14.0. The summed E-state index contributed by atoms with van der Waals surface area (Å²) in [6, 6.07) is 43.1. The van der Waals surface area contributed by atoms with Crippen molar-refractivity contribution in [2.45, 2.75) is 133 Å². The van der Waals surface area contributed by atoms with Crippen LogP contribution in [0.5, 0.6) is 0 Å². The van der Waals surface area contributed by atoms with Crippen molar-refractivity contribution >= 4 is 0 Å². The monoisotopic (exact) mass is 671 g/mol. The first-order chi connectivity index (χ1) is 23.5. The second-order valence-corrected chi connectivity index (χ2v) is 15.2. The van der Waals surface area contributed by atoms with Gasteiger partial charge in [0.2, 0.25) is 0 Å². The maximum atomic E-state index is 2.24. The molecule has 270 valence electrons. The standard InChI is InChI=1S/5C10H14/c1-8(2)10-6-4-9(3)5-7-10;2*1-8(2)10-6-4-5-9(3)7-10;2*1-8(2)10-7-5-4-6-9(10)3/h5*4-8H,1-3H3. The fourth-order valence-electron chi connectivity index (χ4n) is 5.48. The molecule has 0 amide bonds. The number of benzene rings is 5. The minimum atomic E-state index is 0.653. The first-order valence-corrected chi connectivity index (χ1v) is 18.8. The molecule has 0 saturated carbocycles. The molecule has 50 heavy (non-hydrogen) atoms. The molecular formula is C50H70. The minimum Gasteiger partial charge on any atom is -0.0620 e. The average Bonchev–Trinajstić information content (AvgIpc) is 3.06. The van der Waals surface area contributed by atoms with Crippen LogP contribution in [0, 0.1) is 34.6 Å². The van der Waals surface area contributed by atoms with Crippen LogP contribution in [0.25, 0.3) is 0 Å². The molecule has 5 rings (SSSR count). The zero-order chi connectivity index (χ0) is 37.8. The molecule has 0 aliphatic heterocycles. The molecule has 0 aliphatic rings. The predicted molar refractivity (Wildman–Crippen MR) is 226 cm³/mol. The van der Waals surface area contributed by atoms with Crippen molar-refractivity contribution in [2.24, 2.45) is 0 Å². The third-order valence-corrected chi connectivity index (χ3v) is 8.78. The van der Waals surface area contributed by atoms with Crippen LogP contribution >= 0.6 is 0 Å². The Balaban J connectivity index is 0.000000312. The highest BCUT2D eigenvalue weighted by atomic mass is 14.1. The van der Waals surface area contributed by atoms with E-state index in [-0.39, 0.29) is 0 Å². The molecular weight excluding hydrogens is 601 g/mol. The van der Waals surface area contributed by atoms with Crippen LogP contribution in [0.3, 0.4) is 0 Å². The maximum absolute atomic E-state index is 2.24. The van der Waals surface area contributed by atoms with Crippen LogP contribution in [0.1, 0.15) is 154 Å². The van der Waals surface area contributed by atoms with E-state index in [9.17, 15) is 0 Å². The lowest BCUT2D eigenvalue weighted by atomic mass is 9.99. The largest absolute Gasteiger partial charge is 0.0620 e. The summed E-state index contributed by atoms with van der Waals surface area (Å²) in [6.45, 7) is 32.9. The molecule has 0 aliphatic carbocycles. The third-order valence-electron chi connectivity index (χ3n) is 8.78. The molecule has 0 heteroatoms. The Morgan fingerprint density at radius 2 is 0.620 bits per heavy atom. The molecule has 0 aromatic heterocycles. The molecule has 0 N–H and O–H groups in total. The first kappa shape index (κ1) is 44.1. The molecule has 0 saturated heterocycles. The van der Waals surface area contributed by atoms with Gasteiger partial charge in [0.25, 0.3) is 0 Å². The van der Waals surface area contributed by atoms with Gasteiger partial charge in [0.1, 0.15) is 0 Å². The molecule has 0 unspecified atom stereocenters. The lowest BCUT2D eigenvalue weighted by molar-refractivity contribution is 0.856. The van der Waals surface area contributed by atoms with Gasteiger partial charge in [-0.2, -0.15) is 0 Å².